The van der Waals surface area contributed by atoms with Crippen LogP contribution in [-0.4, -0.2) is 47.3 Å². The number of likely N-dealkylation sites (N-methyl/N-ethyl adjacent to an activating group) is 1. The lowest BCUT2D eigenvalue weighted by atomic mass is 9.98. The van der Waals surface area contributed by atoms with Gasteiger partial charge < -0.3 is 11.1 Å². The van der Waals surface area contributed by atoms with Crippen LogP contribution in [0.5, 0.6) is 0 Å². The van der Waals surface area contributed by atoms with Gasteiger partial charge in [-0.15, -0.1) is 0 Å². The molecule has 1 rings (SSSR count). The number of carbonyl (C=O) groups excluding carboxylic acids is 1. The van der Waals surface area contributed by atoms with E-state index in [0.717, 1.165) is 12.0 Å². The maximum Gasteiger partial charge on any atom is 0.223 e. The van der Waals surface area contributed by atoms with Gasteiger partial charge in [0.15, 0.2) is 0 Å². The highest BCUT2D eigenvalue weighted by Gasteiger charge is 2.26. The molecule has 20 heavy (non-hydrogen) atoms. The molecule has 0 fully saturated rings. The maximum absolute atomic E-state index is 11.7. The topological polar surface area (TPSA) is 76.2 Å². The van der Waals surface area contributed by atoms with Crippen LogP contribution in [0.15, 0.2) is 12.4 Å². The van der Waals surface area contributed by atoms with Gasteiger partial charge in [0, 0.05) is 44.4 Å². The lowest BCUT2D eigenvalue weighted by molar-refractivity contribution is -0.124. The number of aryl methyl sites for hydroxylation is 1. The van der Waals surface area contributed by atoms with Crippen molar-refractivity contribution in [2.45, 2.75) is 32.4 Å². The van der Waals surface area contributed by atoms with Crippen molar-refractivity contribution in [3.63, 3.8) is 0 Å². The highest BCUT2D eigenvalue weighted by molar-refractivity contribution is 5.78. The van der Waals surface area contributed by atoms with Gasteiger partial charge in [0.05, 0.1) is 12.2 Å². The molecule has 0 aliphatic carbocycles. The zero-order chi connectivity index (χ0) is 15.3. The van der Waals surface area contributed by atoms with Gasteiger partial charge in [0.25, 0.3) is 0 Å². The average molecular weight is 281 g/mol. The number of nitrogens with two attached hydrogens (primary N) is 1. The Balaban J connectivity index is 2.86. The minimum absolute atomic E-state index is 0.0149. The Labute approximate surface area is 121 Å². The van der Waals surface area contributed by atoms with Crippen molar-refractivity contribution in [1.29, 1.82) is 0 Å². The van der Waals surface area contributed by atoms with E-state index in [0.29, 0.717) is 6.54 Å². The van der Waals surface area contributed by atoms with Crippen molar-refractivity contribution >= 4 is 5.91 Å². The number of carbonyl (C=O) groups is 1. The summed E-state index contributed by atoms with van der Waals surface area (Å²) >= 11 is 0. The van der Waals surface area contributed by atoms with Gasteiger partial charge >= 0.3 is 0 Å². The zero-order valence-electron chi connectivity index (χ0n) is 13.1. The molecule has 0 saturated carbocycles. The second-order valence-electron chi connectivity index (χ2n) is 5.42. The van der Waals surface area contributed by atoms with Crippen molar-refractivity contribution < 1.29 is 4.79 Å². The number of hydrogen-bond acceptors (Lipinski definition) is 4. The summed E-state index contributed by atoms with van der Waals surface area (Å²) in [6.45, 7) is 4.66. The number of nitrogens with zero attached hydrogens (tertiary/aromatic N) is 3. The van der Waals surface area contributed by atoms with Crippen molar-refractivity contribution in [3.8, 4) is 0 Å². The SMILES string of the molecule is CCC(N)C(c1cnn(C)c1)N(C)CC(C)C(=O)NC. The number of amides is 1. The fourth-order valence-corrected chi connectivity index (χ4v) is 2.52. The fourth-order valence-electron chi connectivity index (χ4n) is 2.52. The molecule has 1 aromatic heterocycles. The number of rotatable bonds is 7. The molecule has 3 unspecified atom stereocenters. The first-order valence-corrected chi connectivity index (χ1v) is 7.06. The standard InChI is InChI=1S/C14H27N5O/c1-6-12(15)13(11-7-17-19(5)9-11)18(4)8-10(2)14(20)16-3/h7,9-10,12-13H,6,8,15H2,1-5H3,(H,16,20). The predicted molar refractivity (Wildman–Crippen MR) is 80.1 cm³/mol. The molecule has 1 aromatic rings. The monoisotopic (exact) mass is 281 g/mol. The first-order valence-electron chi connectivity index (χ1n) is 7.06. The molecule has 0 saturated heterocycles. The summed E-state index contributed by atoms with van der Waals surface area (Å²) in [7, 11) is 5.56. The van der Waals surface area contributed by atoms with Gasteiger partial charge in [-0.3, -0.25) is 14.4 Å². The molecule has 6 nitrogen and oxygen atoms in total. The smallest absolute Gasteiger partial charge is 0.223 e. The molecule has 0 aliphatic rings. The molecule has 0 aliphatic heterocycles. The molecule has 1 amide bonds. The van der Waals surface area contributed by atoms with E-state index < -0.39 is 0 Å². The van der Waals surface area contributed by atoms with Crippen LogP contribution < -0.4 is 11.1 Å². The minimum Gasteiger partial charge on any atom is -0.359 e. The Morgan fingerprint density at radius 3 is 2.70 bits per heavy atom. The third-order valence-electron chi connectivity index (χ3n) is 3.67. The van der Waals surface area contributed by atoms with E-state index in [1.165, 1.54) is 0 Å². The molecular formula is C14H27N5O. The summed E-state index contributed by atoms with van der Waals surface area (Å²) in [5.41, 5.74) is 7.36. The Hall–Kier alpha value is -1.40. The van der Waals surface area contributed by atoms with Crippen LogP contribution in [0.3, 0.4) is 0 Å². The predicted octanol–water partition coefficient (Wildman–Crippen LogP) is 0.512. The normalized spacial score (nSPS) is 15.9. The quantitative estimate of drug-likeness (QED) is 0.763. The average Bonchev–Trinajstić information content (AvgIpc) is 2.83. The van der Waals surface area contributed by atoms with Crippen LogP contribution >= 0.6 is 0 Å². The molecule has 114 valence electrons. The van der Waals surface area contributed by atoms with Crippen molar-refractivity contribution in [2.24, 2.45) is 18.7 Å². The fraction of sp³-hybridized carbons (Fsp3) is 0.714. The van der Waals surface area contributed by atoms with Crippen LogP contribution in [0, 0.1) is 5.92 Å². The summed E-state index contributed by atoms with van der Waals surface area (Å²) in [4.78, 5) is 13.8. The minimum atomic E-state index is -0.0757. The third kappa shape index (κ3) is 4.05. The lowest BCUT2D eigenvalue weighted by Gasteiger charge is -2.33. The van der Waals surface area contributed by atoms with Gasteiger partial charge in [-0.2, -0.15) is 5.10 Å². The molecule has 3 N–H and O–H groups in total. The molecule has 0 aromatic carbocycles. The van der Waals surface area contributed by atoms with Crippen LogP contribution in [0.2, 0.25) is 0 Å². The molecule has 0 spiro atoms. The Morgan fingerprint density at radius 1 is 1.60 bits per heavy atom. The molecule has 0 bridgehead atoms. The van der Waals surface area contributed by atoms with Gasteiger partial charge in [0.2, 0.25) is 5.91 Å². The van der Waals surface area contributed by atoms with E-state index in [-0.39, 0.29) is 23.9 Å². The van der Waals surface area contributed by atoms with Crippen LogP contribution in [0.25, 0.3) is 0 Å². The van der Waals surface area contributed by atoms with E-state index in [1.54, 1.807) is 11.7 Å². The molecular weight excluding hydrogens is 254 g/mol. The van der Waals surface area contributed by atoms with E-state index >= 15 is 0 Å². The van der Waals surface area contributed by atoms with Crippen LogP contribution in [0.4, 0.5) is 0 Å². The largest absolute Gasteiger partial charge is 0.359 e. The van der Waals surface area contributed by atoms with E-state index in [1.807, 2.05) is 33.4 Å². The third-order valence-corrected chi connectivity index (χ3v) is 3.67. The van der Waals surface area contributed by atoms with Crippen molar-refractivity contribution in [2.75, 3.05) is 20.6 Å². The molecule has 0 radical (unpaired) electrons. The number of hydrogen-bond donors (Lipinski definition) is 2. The molecule has 6 heteroatoms. The molecule has 1 heterocycles. The van der Waals surface area contributed by atoms with Gasteiger partial charge in [-0.05, 0) is 13.5 Å². The van der Waals surface area contributed by atoms with Gasteiger partial charge in [0.1, 0.15) is 0 Å². The second-order valence-corrected chi connectivity index (χ2v) is 5.42. The van der Waals surface area contributed by atoms with E-state index in [9.17, 15) is 4.79 Å². The summed E-state index contributed by atoms with van der Waals surface area (Å²) in [5.74, 6) is -0.0277. The zero-order valence-corrected chi connectivity index (χ0v) is 13.1. The highest BCUT2D eigenvalue weighted by Crippen LogP contribution is 2.24. The van der Waals surface area contributed by atoms with Gasteiger partial charge in [-0.1, -0.05) is 13.8 Å². The maximum atomic E-state index is 11.7. The summed E-state index contributed by atoms with van der Waals surface area (Å²) in [6, 6.07) is 0.0851. The molecule has 3 atom stereocenters. The second kappa shape index (κ2) is 7.40. The van der Waals surface area contributed by atoms with Gasteiger partial charge in [-0.25, -0.2) is 0 Å². The summed E-state index contributed by atoms with van der Waals surface area (Å²) in [6.07, 6.45) is 4.71. The summed E-state index contributed by atoms with van der Waals surface area (Å²) in [5, 5.41) is 6.91. The summed E-state index contributed by atoms with van der Waals surface area (Å²) < 4.78 is 1.78. The highest BCUT2D eigenvalue weighted by atomic mass is 16.1. The first kappa shape index (κ1) is 16.7. The number of nitrogens with one attached hydrogen (secondary N) is 1. The Morgan fingerprint density at radius 2 is 2.25 bits per heavy atom. The first-order chi connectivity index (χ1) is 9.40. The number of aromatic nitrogens is 2. The Bertz CT molecular complexity index is 431. The van der Waals surface area contributed by atoms with Crippen molar-refractivity contribution in [1.82, 2.24) is 20.0 Å². The lowest BCUT2D eigenvalue weighted by Crippen LogP contribution is -2.42. The van der Waals surface area contributed by atoms with Crippen molar-refractivity contribution in [3.05, 3.63) is 18.0 Å². The van der Waals surface area contributed by atoms with E-state index in [4.69, 9.17) is 5.73 Å². The van der Waals surface area contributed by atoms with E-state index in [2.05, 4.69) is 22.2 Å². The van der Waals surface area contributed by atoms with Crippen LogP contribution in [-0.2, 0) is 11.8 Å². The van der Waals surface area contributed by atoms with Crippen LogP contribution in [0.1, 0.15) is 31.9 Å². The Kier molecular flexibility index (Phi) is 6.16.